The molecule has 5 nitrogen and oxygen atoms in total. The molecule has 5 heteroatoms. The van der Waals surface area contributed by atoms with Crippen molar-refractivity contribution < 1.29 is 9.90 Å². The fourth-order valence-corrected chi connectivity index (χ4v) is 3.88. The van der Waals surface area contributed by atoms with Gasteiger partial charge in [-0.3, -0.25) is 9.69 Å². The summed E-state index contributed by atoms with van der Waals surface area (Å²) in [5.41, 5.74) is -0.128. The minimum Gasteiger partial charge on any atom is -0.481 e. The van der Waals surface area contributed by atoms with Gasteiger partial charge >= 0.3 is 5.97 Å². The lowest BCUT2D eigenvalue weighted by atomic mass is 9.84. The van der Waals surface area contributed by atoms with Gasteiger partial charge in [0.1, 0.15) is 0 Å². The molecule has 2 aliphatic heterocycles. The second kappa shape index (κ2) is 7.07. The van der Waals surface area contributed by atoms with E-state index in [0.29, 0.717) is 12.5 Å². The monoisotopic (exact) mass is 297 g/mol. The molecule has 0 saturated carbocycles. The highest BCUT2D eigenvalue weighted by Crippen LogP contribution is 2.33. The van der Waals surface area contributed by atoms with Gasteiger partial charge in [0.15, 0.2) is 0 Å². The average Bonchev–Trinajstić information content (AvgIpc) is 2.62. The first kappa shape index (κ1) is 16.7. The highest BCUT2D eigenvalue weighted by molar-refractivity contribution is 5.68. The molecule has 122 valence electrons. The molecular weight excluding hydrogens is 266 g/mol. The molecule has 0 aliphatic carbocycles. The van der Waals surface area contributed by atoms with Crippen molar-refractivity contribution in [2.45, 2.75) is 51.1 Å². The Kier molecular flexibility index (Phi) is 5.63. The molecule has 0 radical (unpaired) electrons. The Labute approximate surface area is 128 Å². The number of carbonyl (C=O) groups is 1. The van der Waals surface area contributed by atoms with Gasteiger partial charge in [-0.2, -0.15) is 0 Å². The fraction of sp³-hybridized carbons (Fsp3) is 0.938. The molecule has 2 saturated heterocycles. The summed E-state index contributed by atoms with van der Waals surface area (Å²) in [4.78, 5) is 18.8. The maximum atomic E-state index is 11.5. The summed E-state index contributed by atoms with van der Waals surface area (Å²) in [6.45, 7) is 10.7. The van der Waals surface area contributed by atoms with Crippen LogP contribution in [0.4, 0.5) is 0 Å². The molecule has 0 spiro atoms. The largest absolute Gasteiger partial charge is 0.481 e. The van der Waals surface area contributed by atoms with Crippen LogP contribution in [-0.2, 0) is 4.79 Å². The van der Waals surface area contributed by atoms with Crippen LogP contribution >= 0.6 is 0 Å². The SMILES string of the molecule is CC(C)N1CCCC(CC(=O)O)(N2CCN(C)CC2)CC1. The van der Waals surface area contributed by atoms with Crippen LogP contribution in [0, 0.1) is 0 Å². The van der Waals surface area contributed by atoms with Gasteiger partial charge in [-0.1, -0.05) is 0 Å². The van der Waals surface area contributed by atoms with Crippen LogP contribution in [-0.4, -0.2) is 83.7 Å². The summed E-state index contributed by atoms with van der Waals surface area (Å²) in [6.07, 6.45) is 3.41. The maximum Gasteiger partial charge on any atom is 0.305 e. The molecule has 2 fully saturated rings. The Hall–Kier alpha value is -0.650. The Morgan fingerprint density at radius 2 is 1.76 bits per heavy atom. The van der Waals surface area contributed by atoms with Crippen LogP contribution in [0.1, 0.15) is 39.5 Å². The molecule has 1 atom stereocenters. The van der Waals surface area contributed by atoms with Crippen molar-refractivity contribution >= 4 is 5.97 Å². The molecule has 21 heavy (non-hydrogen) atoms. The molecule has 1 N–H and O–H groups in total. The number of likely N-dealkylation sites (tertiary alicyclic amines) is 1. The summed E-state index contributed by atoms with van der Waals surface area (Å²) in [5.74, 6) is -0.646. The highest BCUT2D eigenvalue weighted by Gasteiger charge is 2.41. The minimum atomic E-state index is -0.646. The standard InChI is InChI=1S/C16H31N3O2/c1-14(2)18-7-4-5-16(6-8-18,13-15(20)21)19-11-9-17(3)10-12-19/h14H,4-13H2,1-3H3,(H,20,21). The van der Waals surface area contributed by atoms with Gasteiger partial charge in [0.25, 0.3) is 0 Å². The Bertz CT molecular complexity index is 353. The van der Waals surface area contributed by atoms with Crippen molar-refractivity contribution in [1.29, 1.82) is 0 Å². The zero-order valence-corrected chi connectivity index (χ0v) is 13.8. The quantitative estimate of drug-likeness (QED) is 0.848. The van der Waals surface area contributed by atoms with E-state index < -0.39 is 5.97 Å². The lowest BCUT2D eigenvalue weighted by Crippen LogP contribution is -2.57. The van der Waals surface area contributed by atoms with Crippen LogP contribution in [0.25, 0.3) is 0 Å². The van der Waals surface area contributed by atoms with Crippen molar-refractivity contribution in [2.24, 2.45) is 0 Å². The molecule has 2 heterocycles. The van der Waals surface area contributed by atoms with Crippen molar-refractivity contribution in [2.75, 3.05) is 46.3 Å². The van der Waals surface area contributed by atoms with Crippen LogP contribution in [0.2, 0.25) is 0 Å². The van der Waals surface area contributed by atoms with Gasteiger partial charge in [-0.15, -0.1) is 0 Å². The smallest absolute Gasteiger partial charge is 0.305 e. The second-order valence-corrected chi connectivity index (χ2v) is 7.07. The van der Waals surface area contributed by atoms with E-state index in [4.69, 9.17) is 0 Å². The first-order valence-corrected chi connectivity index (χ1v) is 8.32. The number of hydrogen-bond acceptors (Lipinski definition) is 4. The summed E-state index contributed by atoms with van der Waals surface area (Å²) < 4.78 is 0. The number of nitrogens with zero attached hydrogens (tertiary/aromatic N) is 3. The van der Waals surface area contributed by atoms with Gasteiger partial charge in [-0.25, -0.2) is 0 Å². The highest BCUT2D eigenvalue weighted by atomic mass is 16.4. The molecule has 1 unspecified atom stereocenters. The summed E-state index contributed by atoms with van der Waals surface area (Å²) in [5, 5.41) is 9.43. The zero-order valence-electron chi connectivity index (χ0n) is 13.8. The van der Waals surface area contributed by atoms with Gasteiger partial charge in [0.2, 0.25) is 0 Å². The Morgan fingerprint density at radius 3 is 2.33 bits per heavy atom. The first-order valence-electron chi connectivity index (χ1n) is 8.32. The van der Waals surface area contributed by atoms with Crippen LogP contribution in [0.5, 0.6) is 0 Å². The number of rotatable bonds is 4. The van der Waals surface area contributed by atoms with E-state index in [0.717, 1.165) is 58.5 Å². The van der Waals surface area contributed by atoms with E-state index in [1.54, 1.807) is 0 Å². The third-order valence-electron chi connectivity index (χ3n) is 5.34. The molecule has 2 rings (SSSR count). The van der Waals surface area contributed by atoms with E-state index in [-0.39, 0.29) is 5.54 Å². The average molecular weight is 297 g/mol. The zero-order chi connectivity index (χ0) is 15.5. The molecule has 0 aromatic heterocycles. The number of carboxylic acids is 1. The number of piperazine rings is 1. The molecular formula is C16H31N3O2. The Balaban J connectivity index is 2.11. The molecule has 0 aromatic rings. The van der Waals surface area contributed by atoms with Crippen molar-refractivity contribution in [3.05, 3.63) is 0 Å². The van der Waals surface area contributed by atoms with E-state index in [9.17, 15) is 9.90 Å². The van der Waals surface area contributed by atoms with Crippen molar-refractivity contribution in [3.63, 3.8) is 0 Å². The van der Waals surface area contributed by atoms with Gasteiger partial charge < -0.3 is 14.9 Å². The Morgan fingerprint density at radius 1 is 1.10 bits per heavy atom. The third kappa shape index (κ3) is 4.18. The van der Waals surface area contributed by atoms with E-state index >= 15 is 0 Å². The summed E-state index contributed by atoms with van der Waals surface area (Å²) >= 11 is 0. The predicted molar refractivity (Wildman–Crippen MR) is 84.6 cm³/mol. The topological polar surface area (TPSA) is 47.0 Å². The predicted octanol–water partition coefficient (Wildman–Crippen LogP) is 1.34. The van der Waals surface area contributed by atoms with Gasteiger partial charge in [0, 0.05) is 44.3 Å². The number of hydrogen-bond donors (Lipinski definition) is 1. The molecule has 0 aromatic carbocycles. The van der Waals surface area contributed by atoms with Crippen LogP contribution in [0.15, 0.2) is 0 Å². The number of likely N-dealkylation sites (N-methyl/N-ethyl adjacent to an activating group) is 1. The van der Waals surface area contributed by atoms with Gasteiger partial charge in [0.05, 0.1) is 6.42 Å². The lowest BCUT2D eigenvalue weighted by molar-refractivity contribution is -0.141. The van der Waals surface area contributed by atoms with E-state index in [2.05, 4.69) is 35.6 Å². The normalized spacial score (nSPS) is 30.5. The van der Waals surface area contributed by atoms with Crippen molar-refractivity contribution in [1.82, 2.24) is 14.7 Å². The summed E-state index contributed by atoms with van der Waals surface area (Å²) in [7, 11) is 2.15. The number of carboxylic acid groups (broad SMARTS) is 1. The third-order valence-corrected chi connectivity index (χ3v) is 5.34. The molecule has 2 aliphatic rings. The number of aliphatic carboxylic acids is 1. The minimum absolute atomic E-state index is 0.128. The van der Waals surface area contributed by atoms with Crippen LogP contribution < -0.4 is 0 Å². The fourth-order valence-electron chi connectivity index (χ4n) is 3.88. The second-order valence-electron chi connectivity index (χ2n) is 7.07. The van der Waals surface area contributed by atoms with Gasteiger partial charge in [-0.05, 0) is 46.7 Å². The van der Waals surface area contributed by atoms with Crippen LogP contribution in [0.3, 0.4) is 0 Å². The maximum absolute atomic E-state index is 11.5. The summed E-state index contributed by atoms with van der Waals surface area (Å²) in [6, 6.07) is 0.554. The lowest BCUT2D eigenvalue weighted by Gasteiger charge is -2.46. The van der Waals surface area contributed by atoms with E-state index in [1.807, 2.05) is 0 Å². The molecule has 0 bridgehead atoms. The first-order chi connectivity index (χ1) is 9.93. The van der Waals surface area contributed by atoms with Crippen molar-refractivity contribution in [3.8, 4) is 0 Å². The molecule has 0 amide bonds. The van der Waals surface area contributed by atoms with E-state index in [1.165, 1.54) is 0 Å².